The molecule has 0 saturated carbocycles. The number of aliphatic hydroxyl groups is 1. The van der Waals surface area contributed by atoms with Crippen molar-refractivity contribution in [2.45, 2.75) is 6.04 Å². The van der Waals surface area contributed by atoms with E-state index >= 15 is 0 Å². The summed E-state index contributed by atoms with van der Waals surface area (Å²) in [6.07, 6.45) is 1.57. The van der Waals surface area contributed by atoms with E-state index in [1.54, 1.807) is 17.5 Å². The SMILES string of the molecule is O=C(CN1C(=O)/C(=C/c2cc(-c3ccc(F)c(F)c3)cs2)SC1=S)N[C@@H](CO)C(=O)O. The van der Waals surface area contributed by atoms with Gasteiger partial charge in [0.05, 0.1) is 11.5 Å². The number of thiophene rings is 1. The maximum Gasteiger partial charge on any atom is 0.328 e. The molecule has 2 amide bonds. The van der Waals surface area contributed by atoms with Crippen molar-refractivity contribution in [2.75, 3.05) is 13.2 Å². The number of carboxylic acids is 1. The van der Waals surface area contributed by atoms with Gasteiger partial charge in [0.2, 0.25) is 5.91 Å². The molecular formula is C19H14F2N2O5S3. The maximum absolute atomic E-state index is 13.5. The number of nitrogens with one attached hydrogen (secondary N) is 1. The standard InChI is InChI=1S/C19H14F2N2O5S3/c20-12-2-1-9(4-13(12)21)10-3-11(30-8-10)5-15-17(26)23(19(29)31-15)6-16(25)22-14(7-24)18(27)28/h1-5,8,14,24H,6-7H2,(H,22,25)(H,27,28)/b15-5-/t14-/m0/s1. The number of hydrogen-bond acceptors (Lipinski definition) is 7. The van der Waals surface area contributed by atoms with Crippen LogP contribution in [0, 0.1) is 11.6 Å². The van der Waals surface area contributed by atoms with Crippen LogP contribution in [0.2, 0.25) is 0 Å². The van der Waals surface area contributed by atoms with Crippen LogP contribution in [0.4, 0.5) is 8.78 Å². The van der Waals surface area contributed by atoms with Crippen molar-refractivity contribution in [1.82, 2.24) is 10.2 Å². The molecule has 1 aromatic heterocycles. The van der Waals surface area contributed by atoms with Gasteiger partial charge in [-0.2, -0.15) is 0 Å². The number of amides is 2. The van der Waals surface area contributed by atoms with Gasteiger partial charge in [-0.3, -0.25) is 14.5 Å². The fourth-order valence-electron chi connectivity index (χ4n) is 2.59. The van der Waals surface area contributed by atoms with Crippen LogP contribution in [0.5, 0.6) is 0 Å². The second-order valence-corrected chi connectivity index (χ2v) is 8.89. The van der Waals surface area contributed by atoms with Crippen LogP contribution in [0.1, 0.15) is 4.88 Å². The highest BCUT2D eigenvalue weighted by Crippen LogP contribution is 2.35. The molecular weight excluding hydrogens is 470 g/mol. The Bertz CT molecular complexity index is 1100. The molecule has 12 heteroatoms. The van der Waals surface area contributed by atoms with Gasteiger partial charge < -0.3 is 15.5 Å². The quantitative estimate of drug-likeness (QED) is 0.409. The third-order valence-electron chi connectivity index (χ3n) is 4.14. The molecule has 0 spiro atoms. The van der Waals surface area contributed by atoms with E-state index in [0.29, 0.717) is 16.0 Å². The zero-order chi connectivity index (χ0) is 22.7. The number of nitrogens with zero attached hydrogens (tertiary/aromatic N) is 1. The first-order valence-corrected chi connectivity index (χ1v) is 10.7. The predicted molar refractivity (Wildman–Crippen MR) is 116 cm³/mol. The highest BCUT2D eigenvalue weighted by Gasteiger charge is 2.34. The van der Waals surface area contributed by atoms with Crippen molar-refractivity contribution in [1.29, 1.82) is 0 Å². The second-order valence-electron chi connectivity index (χ2n) is 6.28. The number of halogens is 2. The van der Waals surface area contributed by atoms with Gasteiger partial charge in [0, 0.05) is 4.88 Å². The summed E-state index contributed by atoms with van der Waals surface area (Å²) < 4.78 is 26.7. The van der Waals surface area contributed by atoms with E-state index in [1.807, 2.05) is 0 Å². The van der Waals surface area contributed by atoms with Crippen LogP contribution in [0.3, 0.4) is 0 Å². The highest BCUT2D eigenvalue weighted by atomic mass is 32.2. The van der Waals surface area contributed by atoms with E-state index in [-0.39, 0.29) is 9.23 Å². The van der Waals surface area contributed by atoms with Gasteiger partial charge in [-0.15, -0.1) is 11.3 Å². The minimum absolute atomic E-state index is 0.125. The molecule has 0 unspecified atom stereocenters. The molecule has 2 heterocycles. The fourth-order valence-corrected chi connectivity index (χ4v) is 4.76. The van der Waals surface area contributed by atoms with Gasteiger partial charge >= 0.3 is 5.97 Å². The van der Waals surface area contributed by atoms with Crippen molar-refractivity contribution >= 4 is 63.5 Å². The van der Waals surface area contributed by atoms with Crippen LogP contribution in [-0.2, 0) is 14.4 Å². The molecule has 0 radical (unpaired) electrons. The summed E-state index contributed by atoms with van der Waals surface area (Å²) in [4.78, 5) is 37.5. The Morgan fingerprint density at radius 1 is 1.23 bits per heavy atom. The first kappa shape index (κ1) is 23.0. The van der Waals surface area contributed by atoms with Gasteiger partial charge in [0.25, 0.3) is 5.91 Å². The normalized spacial score (nSPS) is 16.1. The molecule has 162 valence electrons. The third kappa shape index (κ3) is 5.34. The number of carbonyl (C=O) groups is 3. The third-order valence-corrected chi connectivity index (χ3v) is 6.39. The highest BCUT2D eigenvalue weighted by molar-refractivity contribution is 8.26. The molecule has 1 aromatic carbocycles. The number of aliphatic hydroxyl groups excluding tert-OH is 1. The second kappa shape index (κ2) is 9.64. The molecule has 7 nitrogen and oxygen atoms in total. The molecule has 1 fully saturated rings. The molecule has 1 atom stereocenters. The average Bonchev–Trinajstić information content (AvgIpc) is 3.28. The van der Waals surface area contributed by atoms with Crippen LogP contribution >= 0.6 is 35.3 Å². The van der Waals surface area contributed by atoms with E-state index in [0.717, 1.165) is 28.8 Å². The summed E-state index contributed by atoms with van der Waals surface area (Å²) in [6, 6.07) is 3.77. The van der Waals surface area contributed by atoms with E-state index in [1.165, 1.54) is 17.4 Å². The molecule has 1 aliphatic heterocycles. The average molecular weight is 485 g/mol. The van der Waals surface area contributed by atoms with Gasteiger partial charge in [-0.05, 0) is 40.8 Å². The first-order valence-electron chi connectivity index (χ1n) is 8.62. The van der Waals surface area contributed by atoms with Gasteiger partial charge in [-0.25, -0.2) is 13.6 Å². The van der Waals surface area contributed by atoms with Crippen molar-refractivity contribution in [3.63, 3.8) is 0 Å². The number of carboxylic acid groups (broad SMARTS) is 1. The predicted octanol–water partition coefficient (Wildman–Crippen LogP) is 2.46. The molecule has 1 saturated heterocycles. The number of aliphatic carboxylic acids is 1. The summed E-state index contributed by atoms with van der Waals surface area (Å²) in [5.41, 5.74) is 1.13. The molecule has 2 aromatic rings. The van der Waals surface area contributed by atoms with E-state index in [2.05, 4.69) is 5.32 Å². The lowest BCUT2D eigenvalue weighted by molar-refractivity contribution is -0.143. The van der Waals surface area contributed by atoms with Crippen LogP contribution in [-0.4, -0.2) is 56.4 Å². The smallest absolute Gasteiger partial charge is 0.328 e. The molecule has 31 heavy (non-hydrogen) atoms. The summed E-state index contributed by atoms with van der Waals surface area (Å²) in [6.45, 7) is -1.28. The van der Waals surface area contributed by atoms with Crippen molar-refractivity contribution in [3.05, 3.63) is 51.1 Å². The largest absolute Gasteiger partial charge is 0.480 e. The number of benzene rings is 1. The Morgan fingerprint density at radius 2 is 1.97 bits per heavy atom. The molecule has 3 rings (SSSR count). The summed E-state index contributed by atoms with van der Waals surface area (Å²) in [5, 5.41) is 21.7. The molecule has 0 bridgehead atoms. The topological polar surface area (TPSA) is 107 Å². The zero-order valence-electron chi connectivity index (χ0n) is 15.5. The summed E-state index contributed by atoms with van der Waals surface area (Å²) >= 11 is 7.40. The summed E-state index contributed by atoms with van der Waals surface area (Å²) in [5.74, 6) is -4.62. The lowest BCUT2D eigenvalue weighted by Crippen LogP contribution is -2.48. The Kier molecular flexibility index (Phi) is 7.15. The van der Waals surface area contributed by atoms with Gasteiger partial charge in [-0.1, -0.05) is 30.0 Å². The number of rotatable bonds is 7. The number of thiocarbonyl (C=S) groups is 1. The molecule has 1 aliphatic rings. The Morgan fingerprint density at radius 3 is 2.61 bits per heavy atom. The first-order chi connectivity index (χ1) is 14.7. The van der Waals surface area contributed by atoms with Crippen LogP contribution < -0.4 is 5.32 Å². The van der Waals surface area contributed by atoms with Crippen molar-refractivity contribution < 1.29 is 33.4 Å². The van der Waals surface area contributed by atoms with Crippen molar-refractivity contribution in [3.8, 4) is 11.1 Å². The number of thioether (sulfide) groups is 1. The molecule has 0 aliphatic carbocycles. The van der Waals surface area contributed by atoms with Gasteiger partial charge in [0.15, 0.2) is 11.6 Å². The lowest BCUT2D eigenvalue weighted by Gasteiger charge is -2.16. The van der Waals surface area contributed by atoms with Crippen LogP contribution in [0.25, 0.3) is 17.2 Å². The van der Waals surface area contributed by atoms with E-state index < -0.39 is 48.6 Å². The lowest BCUT2D eigenvalue weighted by atomic mass is 10.1. The van der Waals surface area contributed by atoms with Crippen molar-refractivity contribution in [2.24, 2.45) is 0 Å². The van der Waals surface area contributed by atoms with Gasteiger partial charge in [0.1, 0.15) is 16.9 Å². The monoisotopic (exact) mass is 484 g/mol. The number of hydrogen-bond donors (Lipinski definition) is 3. The van der Waals surface area contributed by atoms with E-state index in [4.69, 9.17) is 22.4 Å². The van der Waals surface area contributed by atoms with E-state index in [9.17, 15) is 23.2 Å². The zero-order valence-corrected chi connectivity index (χ0v) is 18.0. The fraction of sp³-hybridized carbons (Fsp3) is 0.158. The minimum Gasteiger partial charge on any atom is -0.480 e. The minimum atomic E-state index is -1.48. The number of carbonyl (C=O) groups excluding carboxylic acids is 2. The molecule has 3 N–H and O–H groups in total. The Hall–Kier alpha value is -2.67. The Balaban J connectivity index is 1.72. The Labute approximate surface area is 188 Å². The summed E-state index contributed by atoms with van der Waals surface area (Å²) in [7, 11) is 0. The van der Waals surface area contributed by atoms with Crippen LogP contribution in [0.15, 0.2) is 34.6 Å². The maximum atomic E-state index is 13.5.